The van der Waals surface area contributed by atoms with Crippen LogP contribution in [-0.4, -0.2) is 36.6 Å². The van der Waals surface area contributed by atoms with E-state index in [1.807, 2.05) is 0 Å². The van der Waals surface area contributed by atoms with Gasteiger partial charge in [0.25, 0.3) is 0 Å². The first kappa shape index (κ1) is 24.4. The van der Waals surface area contributed by atoms with Gasteiger partial charge in [-0.3, -0.25) is 0 Å². The maximum Gasteiger partial charge on any atom is 0.573 e. The highest BCUT2D eigenvalue weighted by Gasteiger charge is 2.31. The first-order valence-electron chi connectivity index (χ1n) is 10.3. The van der Waals surface area contributed by atoms with Gasteiger partial charge in [-0.25, -0.2) is 14.8 Å². The Bertz CT molecular complexity index is 1400. The van der Waals surface area contributed by atoms with Crippen molar-refractivity contribution in [2.75, 3.05) is 24.9 Å². The number of aromatic nitrogens is 2. The predicted molar refractivity (Wildman–Crippen MR) is 125 cm³/mol. The summed E-state index contributed by atoms with van der Waals surface area (Å²) in [7, 11) is 3.03. The summed E-state index contributed by atoms with van der Waals surface area (Å²) in [4.78, 5) is 20.8. The molecule has 1 aromatic heterocycles. The van der Waals surface area contributed by atoms with Crippen molar-refractivity contribution in [2.45, 2.75) is 6.36 Å². The van der Waals surface area contributed by atoms with Gasteiger partial charge in [-0.1, -0.05) is 12.1 Å². The number of hydrogen-bond acceptors (Lipinski definition) is 7. The number of carbonyl (C=O) groups is 1. The Kier molecular flexibility index (Phi) is 6.95. The third-order valence-corrected chi connectivity index (χ3v) is 4.74. The third kappa shape index (κ3) is 6.03. The SMILES string of the molecule is COc1cc2ncnc(Oc3cccc(NC(=O)Nc4cccc(OC(F)(F)F)c4)c3)c2cc1OC. The lowest BCUT2D eigenvalue weighted by Gasteiger charge is -2.13. The van der Waals surface area contributed by atoms with Crippen LogP contribution in [0.3, 0.4) is 0 Å². The average molecular weight is 500 g/mol. The van der Waals surface area contributed by atoms with Crippen molar-refractivity contribution in [1.82, 2.24) is 9.97 Å². The maximum absolute atomic E-state index is 12.4. The molecule has 0 spiro atoms. The molecule has 0 unspecified atom stereocenters. The molecule has 0 saturated carbocycles. The Morgan fingerprint density at radius 3 is 2.08 bits per heavy atom. The topological polar surface area (TPSA) is 104 Å². The van der Waals surface area contributed by atoms with E-state index in [1.54, 1.807) is 36.4 Å². The number of carbonyl (C=O) groups excluding carboxylic acids is 1. The Morgan fingerprint density at radius 2 is 1.44 bits per heavy atom. The highest BCUT2D eigenvalue weighted by Crippen LogP contribution is 2.36. The van der Waals surface area contributed by atoms with E-state index in [1.165, 1.54) is 32.7 Å². The number of nitrogens with one attached hydrogen (secondary N) is 2. The molecule has 2 amide bonds. The van der Waals surface area contributed by atoms with Crippen LogP contribution < -0.4 is 29.6 Å². The molecule has 2 N–H and O–H groups in total. The van der Waals surface area contributed by atoms with Crippen molar-refractivity contribution >= 4 is 28.3 Å². The molecule has 0 radical (unpaired) electrons. The molecule has 4 rings (SSSR count). The minimum absolute atomic E-state index is 0.110. The molecule has 3 aromatic carbocycles. The quantitative estimate of drug-likeness (QED) is 0.322. The number of urea groups is 1. The molecular formula is C24H19F3N4O5. The number of fused-ring (bicyclic) bond motifs is 1. The van der Waals surface area contributed by atoms with Gasteiger partial charge in [0.05, 0.1) is 25.1 Å². The van der Waals surface area contributed by atoms with Gasteiger partial charge in [0.15, 0.2) is 11.5 Å². The van der Waals surface area contributed by atoms with E-state index in [4.69, 9.17) is 14.2 Å². The fourth-order valence-corrected chi connectivity index (χ4v) is 3.25. The largest absolute Gasteiger partial charge is 0.573 e. The number of hydrogen-bond donors (Lipinski definition) is 2. The molecule has 0 fully saturated rings. The molecule has 12 heteroatoms. The molecule has 0 aliphatic carbocycles. The molecule has 0 aliphatic heterocycles. The van der Waals surface area contributed by atoms with Gasteiger partial charge in [0, 0.05) is 29.6 Å². The first-order valence-corrected chi connectivity index (χ1v) is 10.3. The molecule has 9 nitrogen and oxygen atoms in total. The minimum atomic E-state index is -4.84. The Labute approximate surface area is 202 Å². The summed E-state index contributed by atoms with van der Waals surface area (Å²) in [5.41, 5.74) is 1.05. The normalized spacial score (nSPS) is 11.0. The Hall–Kier alpha value is -4.74. The zero-order chi connectivity index (χ0) is 25.7. The van der Waals surface area contributed by atoms with E-state index in [2.05, 4.69) is 25.3 Å². The molecule has 36 heavy (non-hydrogen) atoms. The van der Waals surface area contributed by atoms with E-state index in [0.29, 0.717) is 33.8 Å². The Morgan fingerprint density at radius 1 is 0.833 bits per heavy atom. The van der Waals surface area contributed by atoms with Crippen LogP contribution in [0.25, 0.3) is 10.9 Å². The fraction of sp³-hybridized carbons (Fsp3) is 0.125. The van der Waals surface area contributed by atoms with Gasteiger partial charge < -0.3 is 29.6 Å². The second-order valence-corrected chi connectivity index (χ2v) is 7.19. The van der Waals surface area contributed by atoms with Crippen molar-refractivity contribution in [3.63, 3.8) is 0 Å². The summed E-state index contributed by atoms with van der Waals surface area (Å²) < 4.78 is 57.7. The summed E-state index contributed by atoms with van der Waals surface area (Å²) >= 11 is 0. The summed E-state index contributed by atoms with van der Waals surface area (Å²) in [5, 5.41) is 5.62. The van der Waals surface area contributed by atoms with Crippen LogP contribution in [0, 0.1) is 0 Å². The second-order valence-electron chi connectivity index (χ2n) is 7.19. The minimum Gasteiger partial charge on any atom is -0.493 e. The lowest BCUT2D eigenvalue weighted by molar-refractivity contribution is -0.274. The van der Waals surface area contributed by atoms with E-state index < -0.39 is 18.1 Å². The monoisotopic (exact) mass is 500 g/mol. The Balaban J connectivity index is 1.48. The summed E-state index contributed by atoms with van der Waals surface area (Å²) in [5.74, 6) is 1.14. The smallest absolute Gasteiger partial charge is 0.493 e. The lowest BCUT2D eigenvalue weighted by Crippen LogP contribution is -2.20. The molecule has 1 heterocycles. The van der Waals surface area contributed by atoms with Crippen LogP contribution in [0.4, 0.5) is 29.3 Å². The van der Waals surface area contributed by atoms with Gasteiger partial charge in [-0.15, -0.1) is 13.2 Å². The number of ether oxygens (including phenoxy) is 4. The van der Waals surface area contributed by atoms with Crippen LogP contribution in [-0.2, 0) is 0 Å². The van der Waals surface area contributed by atoms with E-state index in [0.717, 1.165) is 12.1 Å². The maximum atomic E-state index is 12.4. The summed E-state index contributed by atoms with van der Waals surface area (Å²) in [6.45, 7) is 0. The molecule has 186 valence electrons. The predicted octanol–water partition coefficient (Wildman–Crippen LogP) is 5.98. The first-order chi connectivity index (χ1) is 17.2. The fourth-order valence-electron chi connectivity index (χ4n) is 3.25. The molecule has 0 saturated heterocycles. The lowest BCUT2D eigenvalue weighted by atomic mass is 10.2. The van der Waals surface area contributed by atoms with Gasteiger partial charge >= 0.3 is 12.4 Å². The molecule has 4 aromatic rings. The standard InChI is InChI=1S/C24H19F3N4O5/c1-33-20-11-18-19(12-21(20)34-2)28-13-29-22(18)35-16-7-3-5-14(9-16)30-23(32)31-15-6-4-8-17(10-15)36-24(25,26)27/h3-13H,1-2H3,(H2,30,31,32). The van der Waals surface area contributed by atoms with Crippen molar-refractivity contribution in [1.29, 1.82) is 0 Å². The van der Waals surface area contributed by atoms with E-state index in [-0.39, 0.29) is 11.6 Å². The zero-order valence-electron chi connectivity index (χ0n) is 18.9. The third-order valence-electron chi connectivity index (χ3n) is 4.74. The van der Waals surface area contributed by atoms with Gasteiger partial charge in [0.2, 0.25) is 5.88 Å². The molecule has 0 atom stereocenters. The number of benzene rings is 3. The summed E-state index contributed by atoms with van der Waals surface area (Å²) in [6.07, 6.45) is -3.50. The van der Waals surface area contributed by atoms with E-state index in [9.17, 15) is 18.0 Å². The van der Waals surface area contributed by atoms with Crippen molar-refractivity contribution in [2.24, 2.45) is 0 Å². The number of halogens is 3. The second kappa shape index (κ2) is 10.3. The molecular weight excluding hydrogens is 481 g/mol. The van der Waals surface area contributed by atoms with Gasteiger partial charge in [-0.05, 0) is 30.3 Å². The van der Waals surface area contributed by atoms with Crippen molar-refractivity contribution in [3.8, 4) is 28.9 Å². The number of rotatable bonds is 7. The zero-order valence-corrected chi connectivity index (χ0v) is 18.9. The number of methoxy groups -OCH3 is 2. The number of anilines is 2. The van der Waals surface area contributed by atoms with Crippen LogP contribution >= 0.6 is 0 Å². The van der Waals surface area contributed by atoms with Crippen molar-refractivity contribution in [3.05, 3.63) is 67.0 Å². The van der Waals surface area contributed by atoms with Gasteiger partial charge in [0.1, 0.15) is 17.8 Å². The van der Waals surface area contributed by atoms with Crippen LogP contribution in [0.5, 0.6) is 28.9 Å². The van der Waals surface area contributed by atoms with Crippen LogP contribution in [0.15, 0.2) is 67.0 Å². The van der Waals surface area contributed by atoms with Crippen molar-refractivity contribution < 1.29 is 36.9 Å². The number of amides is 2. The van der Waals surface area contributed by atoms with Crippen LogP contribution in [0.2, 0.25) is 0 Å². The number of alkyl halides is 3. The van der Waals surface area contributed by atoms with Crippen LogP contribution in [0.1, 0.15) is 0 Å². The van der Waals surface area contributed by atoms with E-state index >= 15 is 0 Å². The highest BCUT2D eigenvalue weighted by molar-refractivity contribution is 6.00. The molecule has 0 aliphatic rings. The number of nitrogens with zero attached hydrogens (tertiary/aromatic N) is 2. The van der Waals surface area contributed by atoms with Gasteiger partial charge in [-0.2, -0.15) is 0 Å². The molecule has 0 bridgehead atoms. The summed E-state index contributed by atoms with van der Waals surface area (Å²) in [6, 6.07) is 14.1. The highest BCUT2D eigenvalue weighted by atomic mass is 19.4. The average Bonchev–Trinajstić information content (AvgIpc) is 2.82.